The van der Waals surface area contributed by atoms with Crippen molar-refractivity contribution in [3.63, 3.8) is 0 Å². The fraction of sp³-hybridized carbons (Fsp3) is 0.235. The van der Waals surface area contributed by atoms with Gasteiger partial charge in [0.15, 0.2) is 0 Å². The number of benzene rings is 2. The lowest BCUT2D eigenvalue weighted by molar-refractivity contribution is -0.123. The summed E-state index contributed by atoms with van der Waals surface area (Å²) in [5.41, 5.74) is -0.0605. The molecule has 27 heavy (non-hydrogen) atoms. The Bertz CT molecular complexity index is 897. The maximum absolute atomic E-state index is 12.4. The molecule has 0 heterocycles. The van der Waals surface area contributed by atoms with Crippen LogP contribution in [-0.2, 0) is 10.0 Å². The van der Waals surface area contributed by atoms with Gasteiger partial charge in [-0.1, -0.05) is 6.07 Å². The summed E-state index contributed by atoms with van der Waals surface area (Å²) in [4.78, 5) is 11.7. The molecule has 0 aliphatic rings. The van der Waals surface area contributed by atoms with Crippen LogP contribution in [0.3, 0.4) is 0 Å². The average Bonchev–Trinajstić information content (AvgIpc) is 2.59. The molecular formula is C17H17F3N2O4S. The highest BCUT2D eigenvalue weighted by Crippen LogP contribution is 2.20. The van der Waals surface area contributed by atoms with Gasteiger partial charge in [0.1, 0.15) is 12.3 Å². The Morgan fingerprint density at radius 2 is 1.78 bits per heavy atom. The Morgan fingerprint density at radius 3 is 2.37 bits per heavy atom. The number of nitrogens with one attached hydrogen (secondary N) is 2. The van der Waals surface area contributed by atoms with Crippen LogP contribution in [0.1, 0.15) is 17.3 Å². The molecule has 10 heteroatoms. The van der Waals surface area contributed by atoms with Crippen molar-refractivity contribution in [1.82, 2.24) is 5.32 Å². The second kappa shape index (κ2) is 8.30. The van der Waals surface area contributed by atoms with E-state index in [0.717, 1.165) is 6.07 Å². The third kappa shape index (κ3) is 6.17. The third-order valence-electron chi connectivity index (χ3n) is 3.27. The third-order valence-corrected chi connectivity index (χ3v) is 4.67. The normalized spacial score (nSPS) is 11.7. The van der Waals surface area contributed by atoms with Crippen LogP contribution in [0.2, 0.25) is 0 Å². The van der Waals surface area contributed by atoms with Crippen molar-refractivity contribution in [1.29, 1.82) is 0 Å². The molecule has 2 rings (SSSR count). The van der Waals surface area contributed by atoms with E-state index in [1.165, 1.54) is 42.5 Å². The number of rotatable bonds is 7. The molecule has 0 unspecified atom stereocenters. The number of hydrogen-bond acceptors (Lipinski definition) is 4. The molecule has 0 atom stereocenters. The number of carbonyl (C=O) groups is 1. The second-order valence-electron chi connectivity index (χ2n) is 5.39. The van der Waals surface area contributed by atoms with E-state index in [1.54, 1.807) is 12.2 Å². The highest BCUT2D eigenvalue weighted by molar-refractivity contribution is 7.92. The van der Waals surface area contributed by atoms with Gasteiger partial charge in [-0.25, -0.2) is 8.42 Å². The fourth-order valence-electron chi connectivity index (χ4n) is 2.10. The molecule has 0 aliphatic carbocycles. The van der Waals surface area contributed by atoms with Crippen LogP contribution in [-0.4, -0.2) is 33.7 Å². The van der Waals surface area contributed by atoms with Gasteiger partial charge in [0.2, 0.25) is 0 Å². The quantitative estimate of drug-likeness (QED) is 0.745. The van der Waals surface area contributed by atoms with Gasteiger partial charge < -0.3 is 10.1 Å². The number of halogens is 3. The van der Waals surface area contributed by atoms with Crippen molar-refractivity contribution in [2.45, 2.75) is 18.0 Å². The summed E-state index contributed by atoms with van der Waals surface area (Å²) in [6, 6.07) is 10.9. The first kappa shape index (κ1) is 20.6. The van der Waals surface area contributed by atoms with Gasteiger partial charge in [-0.2, -0.15) is 13.2 Å². The molecule has 0 aromatic heterocycles. The molecule has 0 saturated carbocycles. The summed E-state index contributed by atoms with van der Waals surface area (Å²) in [5, 5.41) is 1.72. The van der Waals surface area contributed by atoms with E-state index in [2.05, 4.69) is 4.72 Å². The number of amides is 1. The predicted octanol–water partition coefficient (Wildman–Crippen LogP) is 3.18. The summed E-state index contributed by atoms with van der Waals surface area (Å²) in [6.45, 7) is 0.756. The van der Waals surface area contributed by atoms with Gasteiger partial charge >= 0.3 is 6.18 Å². The van der Waals surface area contributed by atoms with Gasteiger partial charge in [0, 0.05) is 11.3 Å². The number of sulfonamides is 1. The molecule has 0 fully saturated rings. The summed E-state index contributed by atoms with van der Waals surface area (Å²) < 4.78 is 68.9. The Balaban J connectivity index is 2.13. The Labute approximate surface area is 154 Å². The highest BCUT2D eigenvalue weighted by Gasteiger charge is 2.28. The van der Waals surface area contributed by atoms with Crippen molar-refractivity contribution >= 4 is 21.6 Å². The standard InChI is InChI=1S/C17H17F3N2O4S/c1-2-26-14-6-8-15(9-7-14)27(24,25)22-13-5-3-4-12(10-13)16(23)21-11-17(18,19)20/h3-10,22H,2,11H2,1H3,(H,21,23). The van der Waals surface area contributed by atoms with E-state index in [-0.39, 0.29) is 16.1 Å². The lowest BCUT2D eigenvalue weighted by Crippen LogP contribution is -2.33. The van der Waals surface area contributed by atoms with Crippen LogP contribution in [0.4, 0.5) is 18.9 Å². The molecule has 0 radical (unpaired) electrons. The SMILES string of the molecule is CCOc1ccc(S(=O)(=O)Nc2cccc(C(=O)NCC(F)(F)F)c2)cc1. The van der Waals surface area contributed by atoms with E-state index < -0.39 is 28.7 Å². The van der Waals surface area contributed by atoms with Crippen molar-refractivity contribution < 1.29 is 31.1 Å². The monoisotopic (exact) mass is 402 g/mol. The van der Waals surface area contributed by atoms with Crippen LogP contribution in [0.25, 0.3) is 0 Å². The largest absolute Gasteiger partial charge is 0.494 e. The number of alkyl halides is 3. The molecule has 2 N–H and O–H groups in total. The number of anilines is 1. The molecule has 0 aliphatic heterocycles. The van der Waals surface area contributed by atoms with Crippen LogP contribution < -0.4 is 14.8 Å². The molecule has 6 nitrogen and oxygen atoms in total. The summed E-state index contributed by atoms with van der Waals surface area (Å²) in [5.74, 6) is -0.450. The summed E-state index contributed by atoms with van der Waals surface area (Å²) in [7, 11) is -3.94. The van der Waals surface area contributed by atoms with E-state index in [0.29, 0.717) is 12.4 Å². The van der Waals surface area contributed by atoms with Crippen molar-refractivity contribution in [2.24, 2.45) is 0 Å². The summed E-state index contributed by atoms with van der Waals surface area (Å²) >= 11 is 0. The zero-order chi connectivity index (χ0) is 20.1. The molecule has 146 valence electrons. The zero-order valence-electron chi connectivity index (χ0n) is 14.2. The van der Waals surface area contributed by atoms with Gasteiger partial charge in [-0.15, -0.1) is 0 Å². The zero-order valence-corrected chi connectivity index (χ0v) is 15.0. The predicted molar refractivity (Wildman–Crippen MR) is 93.2 cm³/mol. The molecule has 0 spiro atoms. The fourth-order valence-corrected chi connectivity index (χ4v) is 3.15. The second-order valence-corrected chi connectivity index (χ2v) is 7.07. The van der Waals surface area contributed by atoms with E-state index >= 15 is 0 Å². The number of carbonyl (C=O) groups excluding carboxylic acids is 1. The number of hydrogen-bond donors (Lipinski definition) is 2. The maximum atomic E-state index is 12.4. The topological polar surface area (TPSA) is 84.5 Å². The van der Waals surface area contributed by atoms with Gasteiger partial charge in [-0.3, -0.25) is 9.52 Å². The smallest absolute Gasteiger partial charge is 0.405 e. The first-order valence-corrected chi connectivity index (χ1v) is 9.30. The van der Waals surface area contributed by atoms with Gasteiger partial charge in [0.05, 0.1) is 11.5 Å². The molecule has 1 amide bonds. The molecular weight excluding hydrogens is 385 g/mol. The Hall–Kier alpha value is -2.75. The van der Waals surface area contributed by atoms with Crippen LogP contribution in [0.15, 0.2) is 53.4 Å². The van der Waals surface area contributed by atoms with Gasteiger partial charge in [0.25, 0.3) is 15.9 Å². The van der Waals surface area contributed by atoms with E-state index in [1.807, 2.05) is 0 Å². The highest BCUT2D eigenvalue weighted by atomic mass is 32.2. The molecule has 0 bridgehead atoms. The molecule has 2 aromatic carbocycles. The average molecular weight is 402 g/mol. The Morgan fingerprint density at radius 1 is 1.11 bits per heavy atom. The molecule has 2 aromatic rings. The minimum atomic E-state index is -4.54. The lowest BCUT2D eigenvalue weighted by Gasteiger charge is -2.11. The van der Waals surface area contributed by atoms with E-state index in [4.69, 9.17) is 4.74 Å². The van der Waals surface area contributed by atoms with Crippen molar-refractivity contribution in [3.8, 4) is 5.75 Å². The minimum Gasteiger partial charge on any atom is -0.494 e. The lowest BCUT2D eigenvalue weighted by atomic mass is 10.2. The van der Waals surface area contributed by atoms with Crippen molar-refractivity contribution in [2.75, 3.05) is 17.9 Å². The van der Waals surface area contributed by atoms with Crippen LogP contribution in [0, 0.1) is 0 Å². The van der Waals surface area contributed by atoms with Crippen molar-refractivity contribution in [3.05, 3.63) is 54.1 Å². The van der Waals surface area contributed by atoms with Crippen LogP contribution >= 0.6 is 0 Å². The maximum Gasteiger partial charge on any atom is 0.405 e. The van der Waals surface area contributed by atoms with Gasteiger partial charge in [-0.05, 0) is 49.4 Å². The molecule has 0 saturated heterocycles. The minimum absolute atomic E-state index is 0.0297. The number of ether oxygens (including phenoxy) is 1. The Kier molecular flexibility index (Phi) is 6.32. The summed E-state index contributed by atoms with van der Waals surface area (Å²) in [6.07, 6.45) is -4.54. The van der Waals surface area contributed by atoms with Crippen LogP contribution in [0.5, 0.6) is 5.75 Å². The van der Waals surface area contributed by atoms with E-state index in [9.17, 15) is 26.4 Å². The first-order valence-electron chi connectivity index (χ1n) is 7.81. The first-order chi connectivity index (χ1) is 12.6.